The van der Waals surface area contributed by atoms with Crippen molar-refractivity contribution in [3.63, 3.8) is 0 Å². The van der Waals surface area contributed by atoms with Crippen LogP contribution in [-0.4, -0.2) is 40.4 Å². The molecular weight excluding hydrogens is 565 g/mol. The van der Waals surface area contributed by atoms with Gasteiger partial charge < -0.3 is 20.9 Å². The van der Waals surface area contributed by atoms with Crippen LogP contribution in [0.5, 0.6) is 0 Å². The van der Waals surface area contributed by atoms with Crippen molar-refractivity contribution >= 4 is 56.2 Å². The molecule has 0 bridgehead atoms. The minimum atomic E-state index is -4.60. The van der Waals surface area contributed by atoms with Crippen LogP contribution in [0.15, 0.2) is 48.1 Å². The maximum atomic E-state index is 13.7. The minimum Gasteiger partial charge on any atom is -0.369 e. The molecule has 1 saturated carbocycles. The zero-order valence-electron chi connectivity index (χ0n) is 23.0. The fraction of sp³-hybridized carbons (Fsp3) is 0.333. The van der Waals surface area contributed by atoms with E-state index in [2.05, 4.69) is 25.9 Å². The van der Waals surface area contributed by atoms with Gasteiger partial charge in [-0.25, -0.2) is 9.97 Å². The van der Waals surface area contributed by atoms with Gasteiger partial charge in [-0.3, -0.25) is 9.59 Å². The van der Waals surface area contributed by atoms with Crippen molar-refractivity contribution < 1.29 is 22.8 Å². The molecule has 2 amide bonds. The van der Waals surface area contributed by atoms with Crippen LogP contribution < -0.4 is 20.9 Å². The molecule has 1 atom stereocenters. The smallest absolute Gasteiger partial charge is 0.369 e. The van der Waals surface area contributed by atoms with E-state index in [1.807, 2.05) is 18.7 Å². The summed E-state index contributed by atoms with van der Waals surface area (Å²) in [5.74, 6) is -0.331. The molecule has 2 aromatic carbocycles. The summed E-state index contributed by atoms with van der Waals surface area (Å²) in [5, 5.41) is 10.7. The summed E-state index contributed by atoms with van der Waals surface area (Å²) in [6.45, 7) is 4.41. The van der Waals surface area contributed by atoms with E-state index in [4.69, 9.17) is 0 Å². The first-order valence-corrected chi connectivity index (χ1v) is 14.7. The van der Waals surface area contributed by atoms with Crippen LogP contribution in [0.3, 0.4) is 0 Å². The molecule has 42 heavy (non-hydrogen) atoms. The third-order valence-electron chi connectivity index (χ3n) is 7.65. The molecule has 4 aromatic rings. The second-order valence-electron chi connectivity index (χ2n) is 10.9. The molecule has 2 aromatic heterocycles. The number of rotatable bonds is 7. The molecule has 2 fully saturated rings. The molecule has 12 heteroatoms. The fourth-order valence-corrected chi connectivity index (χ4v) is 6.10. The molecule has 1 aliphatic carbocycles. The largest absolute Gasteiger partial charge is 0.416 e. The van der Waals surface area contributed by atoms with Crippen LogP contribution in [0.4, 0.5) is 36.1 Å². The number of carbonyl (C=O) groups is 2. The van der Waals surface area contributed by atoms with Gasteiger partial charge in [0.25, 0.3) is 11.8 Å². The Kier molecular flexibility index (Phi) is 7.25. The first-order chi connectivity index (χ1) is 20.1. The highest BCUT2D eigenvalue weighted by Crippen LogP contribution is 2.36. The van der Waals surface area contributed by atoms with E-state index in [0.29, 0.717) is 46.5 Å². The maximum absolute atomic E-state index is 13.7. The molecule has 1 aliphatic heterocycles. The van der Waals surface area contributed by atoms with Gasteiger partial charge in [0.2, 0.25) is 0 Å². The lowest BCUT2D eigenvalue weighted by Gasteiger charge is -2.25. The summed E-state index contributed by atoms with van der Waals surface area (Å²) < 4.78 is 42.0. The van der Waals surface area contributed by atoms with Crippen molar-refractivity contribution in [2.24, 2.45) is 0 Å². The van der Waals surface area contributed by atoms with Gasteiger partial charge in [-0.15, -0.1) is 11.3 Å². The first-order valence-electron chi connectivity index (χ1n) is 13.8. The summed E-state index contributed by atoms with van der Waals surface area (Å²) in [6.07, 6.45) is 0.764. The normalized spacial score (nSPS) is 17.0. The number of halogens is 3. The number of aryl methyl sites for hydroxylation is 1. The Morgan fingerprint density at radius 1 is 1.02 bits per heavy atom. The highest BCUT2D eigenvalue weighted by Gasteiger charge is 2.33. The molecule has 1 unspecified atom stereocenters. The second-order valence-corrected chi connectivity index (χ2v) is 11.7. The van der Waals surface area contributed by atoms with Gasteiger partial charge in [0.05, 0.1) is 21.3 Å². The molecule has 2 aliphatic rings. The number of amides is 2. The number of hydrogen-bond acceptors (Lipinski definition) is 7. The van der Waals surface area contributed by atoms with Gasteiger partial charge in [-0.1, -0.05) is 6.07 Å². The van der Waals surface area contributed by atoms with E-state index >= 15 is 0 Å². The zero-order valence-corrected chi connectivity index (χ0v) is 23.8. The van der Waals surface area contributed by atoms with Gasteiger partial charge >= 0.3 is 6.18 Å². The zero-order chi connectivity index (χ0) is 29.6. The van der Waals surface area contributed by atoms with E-state index in [1.54, 1.807) is 23.6 Å². The number of thiophene rings is 1. The van der Waals surface area contributed by atoms with E-state index in [1.165, 1.54) is 23.7 Å². The highest BCUT2D eigenvalue weighted by atomic mass is 32.1. The van der Waals surface area contributed by atoms with Crippen molar-refractivity contribution in [3.8, 4) is 0 Å². The summed E-state index contributed by atoms with van der Waals surface area (Å²) in [4.78, 5) is 37.0. The predicted molar refractivity (Wildman–Crippen MR) is 159 cm³/mol. The Bertz CT molecular complexity index is 1680. The lowest BCUT2D eigenvalue weighted by atomic mass is 10.1. The second kappa shape index (κ2) is 10.9. The van der Waals surface area contributed by atoms with Crippen LogP contribution >= 0.6 is 11.3 Å². The molecule has 3 N–H and O–H groups in total. The maximum Gasteiger partial charge on any atom is 0.416 e. The Morgan fingerprint density at radius 3 is 2.55 bits per heavy atom. The van der Waals surface area contributed by atoms with Crippen molar-refractivity contribution in [1.29, 1.82) is 0 Å². The number of hydrogen-bond donors (Lipinski definition) is 3. The molecule has 0 radical (unpaired) electrons. The number of anilines is 4. The Balaban J connectivity index is 1.23. The molecule has 3 heterocycles. The third kappa shape index (κ3) is 5.76. The van der Waals surface area contributed by atoms with Gasteiger partial charge in [0.1, 0.15) is 12.1 Å². The van der Waals surface area contributed by atoms with Crippen LogP contribution in [-0.2, 0) is 6.18 Å². The monoisotopic (exact) mass is 594 g/mol. The van der Waals surface area contributed by atoms with E-state index in [9.17, 15) is 22.8 Å². The lowest BCUT2D eigenvalue weighted by Crippen LogP contribution is -2.27. The van der Waals surface area contributed by atoms with E-state index in [-0.39, 0.29) is 17.5 Å². The molecule has 1 saturated heterocycles. The Hall–Kier alpha value is -4.19. The minimum absolute atomic E-state index is 0.0838. The van der Waals surface area contributed by atoms with E-state index < -0.39 is 17.6 Å². The van der Waals surface area contributed by atoms with Crippen LogP contribution in [0.25, 0.3) is 10.2 Å². The first kappa shape index (κ1) is 28.0. The van der Waals surface area contributed by atoms with Gasteiger partial charge in [-0.05, 0) is 75.4 Å². The van der Waals surface area contributed by atoms with Gasteiger partial charge in [0, 0.05) is 46.6 Å². The van der Waals surface area contributed by atoms with Crippen LogP contribution in [0.2, 0.25) is 0 Å². The summed E-state index contributed by atoms with van der Waals surface area (Å²) in [5.41, 5.74) is 1.90. The van der Waals surface area contributed by atoms with Crippen LogP contribution in [0.1, 0.15) is 64.4 Å². The number of nitrogens with zero attached hydrogens (tertiary/aromatic N) is 3. The van der Waals surface area contributed by atoms with Gasteiger partial charge in [-0.2, -0.15) is 13.2 Å². The third-order valence-corrected chi connectivity index (χ3v) is 8.63. The molecule has 0 spiro atoms. The Labute approximate surface area is 244 Å². The Morgan fingerprint density at radius 2 is 1.83 bits per heavy atom. The topological polar surface area (TPSA) is 99.2 Å². The van der Waals surface area contributed by atoms with Crippen molar-refractivity contribution in [2.75, 3.05) is 27.4 Å². The summed E-state index contributed by atoms with van der Waals surface area (Å²) in [7, 11) is 0. The summed E-state index contributed by atoms with van der Waals surface area (Å²) >= 11 is 1.39. The van der Waals surface area contributed by atoms with Crippen molar-refractivity contribution in [1.82, 2.24) is 9.97 Å². The number of nitrogens with one attached hydrogen (secondary N) is 3. The quantitative estimate of drug-likeness (QED) is 0.211. The summed E-state index contributed by atoms with van der Waals surface area (Å²) in [6, 6.07) is 8.90. The van der Waals surface area contributed by atoms with E-state index in [0.717, 1.165) is 48.1 Å². The average Bonchev–Trinajstić information content (AvgIpc) is 3.48. The standard InChI is InChI=1S/C30H29F3N6O2S/c1-16-5-6-21(37-28(40)18-10-19(30(31,32)33)12-22(11-18)39-9-3-4-17(39)2)13-24(16)38-29(41)23-14-42-26-25(23)34-15-35-27(26)36-20-7-8-20/h5-6,10-15,17,20H,3-4,7-9H2,1-2H3,(H,37,40)(H,38,41)(H,34,35,36). The van der Waals surface area contributed by atoms with Crippen molar-refractivity contribution in [3.05, 3.63) is 70.4 Å². The number of fused-ring (bicyclic) bond motifs is 1. The van der Waals surface area contributed by atoms with Crippen LogP contribution in [0, 0.1) is 6.92 Å². The number of carbonyl (C=O) groups excluding carboxylic acids is 2. The molecular formula is C30H29F3N6O2S. The molecule has 8 nitrogen and oxygen atoms in total. The average molecular weight is 595 g/mol. The number of aromatic nitrogens is 2. The predicted octanol–water partition coefficient (Wildman–Crippen LogP) is 7.09. The molecule has 218 valence electrons. The fourth-order valence-electron chi connectivity index (χ4n) is 5.15. The lowest BCUT2D eigenvalue weighted by molar-refractivity contribution is -0.137. The number of benzene rings is 2. The van der Waals surface area contributed by atoms with Crippen molar-refractivity contribution in [2.45, 2.75) is 57.8 Å². The van der Waals surface area contributed by atoms with Gasteiger partial charge in [0.15, 0.2) is 0 Å². The number of alkyl halides is 3. The SMILES string of the molecule is Cc1ccc(NC(=O)c2cc(N3CCCC3C)cc(C(F)(F)F)c2)cc1NC(=O)c1csc2c(NC3CC3)ncnc12. The highest BCUT2D eigenvalue weighted by molar-refractivity contribution is 7.18. The molecule has 6 rings (SSSR count).